The van der Waals surface area contributed by atoms with Crippen LogP contribution in [-0.2, 0) is 11.3 Å². The highest BCUT2D eigenvalue weighted by molar-refractivity contribution is 6.27. The molecule has 1 N–H and O–H groups in total. The number of nitrogens with one attached hydrogen (secondary N) is 1. The molecule has 1 fully saturated rings. The Labute approximate surface area is 106 Å². The molecule has 0 aromatic carbocycles. The Hall–Kier alpha value is -1.10. The molecule has 2 rings (SSSR count). The van der Waals surface area contributed by atoms with E-state index in [0.717, 1.165) is 5.69 Å². The van der Waals surface area contributed by atoms with E-state index in [9.17, 15) is 4.79 Å². The molecular weight excluding hydrogens is 240 g/mol. The number of halogens is 1. The van der Waals surface area contributed by atoms with Crippen LogP contribution in [-0.4, -0.2) is 26.8 Å². The smallest absolute Gasteiger partial charge is 0.235 e. The summed E-state index contributed by atoms with van der Waals surface area (Å²) >= 11 is 5.39. The van der Waals surface area contributed by atoms with E-state index < -0.39 is 0 Å². The van der Waals surface area contributed by atoms with Crippen LogP contribution in [0.4, 0.5) is 0 Å². The van der Waals surface area contributed by atoms with Gasteiger partial charge in [0.1, 0.15) is 11.6 Å². The van der Waals surface area contributed by atoms with Gasteiger partial charge in [0.2, 0.25) is 5.91 Å². The molecule has 1 aromatic rings. The van der Waals surface area contributed by atoms with E-state index in [0.29, 0.717) is 12.6 Å². The molecule has 1 aliphatic carbocycles. The molecule has 0 bridgehead atoms. The van der Waals surface area contributed by atoms with Crippen LogP contribution in [0.15, 0.2) is 6.20 Å². The van der Waals surface area contributed by atoms with Crippen molar-refractivity contribution in [1.29, 1.82) is 0 Å². The van der Waals surface area contributed by atoms with Crippen molar-refractivity contribution < 1.29 is 4.79 Å². The summed E-state index contributed by atoms with van der Waals surface area (Å²) in [4.78, 5) is 11.0. The molecule has 0 atom stereocenters. The van der Waals surface area contributed by atoms with Crippen LogP contribution in [0.3, 0.4) is 0 Å². The SMILES string of the molecule is O=C(CCl)NCc1cn(C2CCCCC2)nn1. The van der Waals surface area contributed by atoms with E-state index in [1.54, 1.807) is 0 Å². The van der Waals surface area contributed by atoms with E-state index in [2.05, 4.69) is 15.6 Å². The zero-order valence-corrected chi connectivity index (χ0v) is 10.5. The number of hydrogen-bond acceptors (Lipinski definition) is 3. The number of aromatic nitrogens is 3. The zero-order valence-electron chi connectivity index (χ0n) is 9.73. The summed E-state index contributed by atoms with van der Waals surface area (Å²) in [5.74, 6) is -0.199. The van der Waals surface area contributed by atoms with Crippen LogP contribution in [0.5, 0.6) is 0 Å². The van der Waals surface area contributed by atoms with E-state index >= 15 is 0 Å². The van der Waals surface area contributed by atoms with E-state index in [-0.39, 0.29) is 11.8 Å². The molecule has 5 nitrogen and oxygen atoms in total. The second-order valence-electron chi connectivity index (χ2n) is 4.39. The zero-order chi connectivity index (χ0) is 12.1. The Kier molecular flexibility index (Phi) is 4.36. The van der Waals surface area contributed by atoms with E-state index in [1.165, 1.54) is 32.1 Å². The number of alkyl halides is 1. The van der Waals surface area contributed by atoms with Gasteiger partial charge in [-0.1, -0.05) is 24.5 Å². The highest BCUT2D eigenvalue weighted by Gasteiger charge is 2.16. The van der Waals surface area contributed by atoms with Gasteiger partial charge in [-0.2, -0.15) is 0 Å². The Morgan fingerprint density at radius 3 is 2.94 bits per heavy atom. The van der Waals surface area contributed by atoms with Crippen LogP contribution >= 0.6 is 11.6 Å². The molecule has 0 saturated heterocycles. The Balaban J connectivity index is 1.88. The summed E-state index contributed by atoms with van der Waals surface area (Å²) in [5, 5.41) is 10.9. The Morgan fingerprint density at radius 2 is 2.24 bits per heavy atom. The van der Waals surface area contributed by atoms with Gasteiger partial charge in [0.05, 0.1) is 18.8 Å². The summed E-state index contributed by atoms with van der Waals surface area (Å²) in [7, 11) is 0. The van der Waals surface area contributed by atoms with Gasteiger partial charge >= 0.3 is 0 Å². The fourth-order valence-electron chi connectivity index (χ4n) is 2.15. The van der Waals surface area contributed by atoms with Crippen molar-refractivity contribution in [2.75, 3.05) is 5.88 Å². The lowest BCUT2D eigenvalue weighted by molar-refractivity contribution is -0.118. The van der Waals surface area contributed by atoms with Crippen LogP contribution in [0.2, 0.25) is 0 Å². The predicted octanol–water partition coefficient (Wildman–Crippen LogP) is 1.64. The molecule has 0 unspecified atom stereocenters. The first-order valence-electron chi connectivity index (χ1n) is 6.03. The highest BCUT2D eigenvalue weighted by Crippen LogP contribution is 2.27. The monoisotopic (exact) mass is 256 g/mol. The normalized spacial score (nSPS) is 17.0. The molecular formula is C11H17ClN4O. The van der Waals surface area contributed by atoms with Crippen molar-refractivity contribution in [2.45, 2.75) is 44.7 Å². The molecule has 0 aliphatic heterocycles. The maximum Gasteiger partial charge on any atom is 0.235 e. The van der Waals surface area contributed by atoms with Crippen LogP contribution in [0.25, 0.3) is 0 Å². The average Bonchev–Trinajstić information content (AvgIpc) is 2.86. The lowest BCUT2D eigenvalue weighted by atomic mass is 9.96. The summed E-state index contributed by atoms with van der Waals surface area (Å²) in [6, 6.07) is 0.480. The minimum Gasteiger partial charge on any atom is -0.349 e. The van der Waals surface area contributed by atoms with Gasteiger partial charge in [-0.05, 0) is 12.8 Å². The number of carbonyl (C=O) groups is 1. The first-order chi connectivity index (χ1) is 8.29. The quantitative estimate of drug-likeness (QED) is 0.833. The third-order valence-electron chi connectivity index (χ3n) is 3.09. The van der Waals surface area contributed by atoms with E-state index in [1.807, 2.05) is 10.9 Å². The second-order valence-corrected chi connectivity index (χ2v) is 4.66. The van der Waals surface area contributed by atoms with E-state index in [4.69, 9.17) is 11.6 Å². The molecule has 1 saturated carbocycles. The molecule has 17 heavy (non-hydrogen) atoms. The van der Waals surface area contributed by atoms with Gasteiger partial charge in [0.15, 0.2) is 0 Å². The highest BCUT2D eigenvalue weighted by atomic mass is 35.5. The van der Waals surface area contributed by atoms with Crippen molar-refractivity contribution in [2.24, 2.45) is 0 Å². The Morgan fingerprint density at radius 1 is 1.47 bits per heavy atom. The molecule has 0 radical (unpaired) electrons. The molecule has 1 aromatic heterocycles. The van der Waals surface area contributed by atoms with Gasteiger partial charge in [-0.25, -0.2) is 4.68 Å². The summed E-state index contributed by atoms with van der Waals surface area (Å²) < 4.78 is 1.93. The third-order valence-corrected chi connectivity index (χ3v) is 3.34. The molecule has 0 spiro atoms. The lowest BCUT2D eigenvalue weighted by Gasteiger charge is -2.20. The maximum absolute atomic E-state index is 11.0. The van der Waals surface area contributed by atoms with Gasteiger partial charge in [-0.3, -0.25) is 4.79 Å². The largest absolute Gasteiger partial charge is 0.349 e. The molecule has 94 valence electrons. The maximum atomic E-state index is 11.0. The van der Waals surface area contributed by atoms with Crippen molar-refractivity contribution in [3.63, 3.8) is 0 Å². The van der Waals surface area contributed by atoms with Gasteiger partial charge in [-0.15, -0.1) is 16.7 Å². The summed E-state index contributed by atoms with van der Waals surface area (Å²) in [6.07, 6.45) is 8.13. The number of nitrogens with zero attached hydrogens (tertiary/aromatic N) is 3. The number of carbonyl (C=O) groups excluding carboxylic acids is 1. The second kappa shape index (κ2) is 6.00. The molecule has 1 aliphatic rings. The molecule has 1 heterocycles. The fourth-order valence-corrected chi connectivity index (χ4v) is 2.25. The first-order valence-corrected chi connectivity index (χ1v) is 6.56. The van der Waals surface area contributed by atoms with Crippen molar-refractivity contribution >= 4 is 17.5 Å². The van der Waals surface area contributed by atoms with Crippen LogP contribution < -0.4 is 5.32 Å². The van der Waals surface area contributed by atoms with Gasteiger partial charge < -0.3 is 5.32 Å². The standard InChI is InChI=1S/C11H17ClN4O/c12-6-11(17)13-7-9-8-16(15-14-9)10-4-2-1-3-5-10/h8,10H,1-7H2,(H,13,17). The first kappa shape index (κ1) is 12.4. The predicted molar refractivity (Wildman–Crippen MR) is 64.7 cm³/mol. The minimum atomic E-state index is -0.182. The molecule has 6 heteroatoms. The van der Waals surface area contributed by atoms with Crippen LogP contribution in [0.1, 0.15) is 43.8 Å². The molecule has 1 amide bonds. The van der Waals surface area contributed by atoms with Crippen LogP contribution in [0, 0.1) is 0 Å². The Bertz CT molecular complexity index is 373. The minimum absolute atomic E-state index is 0.0171. The van der Waals surface area contributed by atoms with Gasteiger partial charge in [0, 0.05) is 0 Å². The van der Waals surface area contributed by atoms with Crippen molar-refractivity contribution in [3.05, 3.63) is 11.9 Å². The number of amides is 1. The summed E-state index contributed by atoms with van der Waals surface area (Å²) in [6.45, 7) is 0.401. The average molecular weight is 257 g/mol. The number of rotatable bonds is 4. The van der Waals surface area contributed by atoms with Crippen molar-refractivity contribution in [3.8, 4) is 0 Å². The van der Waals surface area contributed by atoms with Crippen molar-refractivity contribution in [1.82, 2.24) is 20.3 Å². The fraction of sp³-hybridized carbons (Fsp3) is 0.727. The topological polar surface area (TPSA) is 59.8 Å². The number of hydrogen-bond donors (Lipinski definition) is 1. The van der Waals surface area contributed by atoms with Gasteiger partial charge in [0.25, 0.3) is 0 Å². The third kappa shape index (κ3) is 3.43. The summed E-state index contributed by atoms with van der Waals surface area (Å²) in [5.41, 5.74) is 0.786. The lowest BCUT2D eigenvalue weighted by Crippen LogP contribution is -2.23.